The molecule has 0 aliphatic heterocycles. The number of benzene rings is 1. The number of anilines is 1. The molecule has 12 heteroatoms. The summed E-state index contributed by atoms with van der Waals surface area (Å²) in [6.07, 6.45) is 0.877. The lowest BCUT2D eigenvalue weighted by atomic mass is 10.0. The molecule has 1 aromatic carbocycles. The van der Waals surface area contributed by atoms with Gasteiger partial charge in [-0.05, 0) is 43.5 Å². The van der Waals surface area contributed by atoms with Crippen LogP contribution in [0.1, 0.15) is 45.6 Å². The first-order valence-corrected chi connectivity index (χ1v) is 12.0. The second kappa shape index (κ2) is 16.3. The minimum Gasteiger partial charge on any atom is -0.489 e. The average molecular weight is 510 g/mol. The van der Waals surface area contributed by atoms with Crippen molar-refractivity contribution in [2.45, 2.75) is 58.7 Å². The van der Waals surface area contributed by atoms with Gasteiger partial charge in [0.15, 0.2) is 0 Å². The lowest BCUT2D eigenvalue weighted by Crippen LogP contribution is -2.52. The number of amides is 4. The van der Waals surface area contributed by atoms with Crippen LogP contribution in [0.15, 0.2) is 18.2 Å². The highest BCUT2D eigenvalue weighted by atomic mass is 16.5. The number of hydrogen-bond donors (Lipinski definition) is 6. The number of ether oxygens (including phenoxy) is 2. The Kier molecular flexibility index (Phi) is 13.9. The van der Waals surface area contributed by atoms with Crippen LogP contribution in [0.2, 0.25) is 0 Å². The molecule has 0 radical (unpaired) electrons. The Bertz CT molecular complexity index is 878. The maximum absolute atomic E-state index is 13.2. The van der Waals surface area contributed by atoms with Crippen molar-refractivity contribution in [2.24, 2.45) is 11.7 Å². The second-order valence-electron chi connectivity index (χ2n) is 8.41. The Morgan fingerprint density at radius 2 is 1.86 bits per heavy atom. The fraction of sp³-hybridized carbons (Fsp3) is 0.583. The molecule has 0 fully saturated rings. The number of primary amides is 1. The first-order chi connectivity index (χ1) is 17.1. The van der Waals surface area contributed by atoms with Crippen LogP contribution in [-0.4, -0.2) is 67.8 Å². The Morgan fingerprint density at radius 1 is 1.14 bits per heavy atom. The molecule has 0 spiro atoms. The number of aliphatic hydroxyl groups excluding tert-OH is 1. The van der Waals surface area contributed by atoms with E-state index in [4.69, 9.17) is 15.2 Å². The van der Waals surface area contributed by atoms with Gasteiger partial charge < -0.3 is 41.6 Å². The Morgan fingerprint density at radius 3 is 2.44 bits per heavy atom. The molecule has 7 N–H and O–H groups in total. The normalized spacial score (nSPS) is 12.4. The quantitative estimate of drug-likeness (QED) is 0.139. The SMILES string of the molecule is CCC(=O)OCc1ccc(NC(=O)[C@H](CCCNC(N)=O)NC(=O)[C@@H](NC)C(C)C)c(OCCO)c1. The third-order valence-corrected chi connectivity index (χ3v) is 5.20. The first kappa shape index (κ1) is 30.7. The van der Waals surface area contributed by atoms with E-state index < -0.39 is 24.0 Å². The van der Waals surface area contributed by atoms with Gasteiger partial charge in [-0.2, -0.15) is 0 Å². The summed E-state index contributed by atoms with van der Waals surface area (Å²) in [5, 5.41) is 20.1. The highest BCUT2D eigenvalue weighted by Gasteiger charge is 2.27. The van der Waals surface area contributed by atoms with E-state index in [-0.39, 0.29) is 62.8 Å². The fourth-order valence-electron chi connectivity index (χ4n) is 3.34. The maximum atomic E-state index is 13.2. The van der Waals surface area contributed by atoms with E-state index in [1.165, 1.54) is 0 Å². The summed E-state index contributed by atoms with van der Waals surface area (Å²) in [7, 11) is 1.67. The average Bonchev–Trinajstić information content (AvgIpc) is 2.83. The number of carbonyl (C=O) groups is 4. The topological polar surface area (TPSA) is 181 Å². The van der Waals surface area contributed by atoms with E-state index in [1.54, 1.807) is 32.2 Å². The smallest absolute Gasteiger partial charge is 0.312 e. The molecule has 0 aliphatic rings. The van der Waals surface area contributed by atoms with Crippen LogP contribution < -0.4 is 31.7 Å². The molecule has 0 aliphatic carbocycles. The molecule has 0 saturated heterocycles. The Labute approximate surface area is 211 Å². The summed E-state index contributed by atoms with van der Waals surface area (Å²) in [4.78, 5) is 48.4. The van der Waals surface area contributed by atoms with Crippen LogP contribution in [0.3, 0.4) is 0 Å². The van der Waals surface area contributed by atoms with Gasteiger partial charge in [-0.15, -0.1) is 0 Å². The highest BCUT2D eigenvalue weighted by Crippen LogP contribution is 2.27. The number of urea groups is 1. The van der Waals surface area contributed by atoms with Gasteiger partial charge in [0, 0.05) is 13.0 Å². The molecule has 4 amide bonds. The number of hydrogen-bond acceptors (Lipinski definition) is 8. The van der Waals surface area contributed by atoms with Crippen molar-refractivity contribution in [3.63, 3.8) is 0 Å². The summed E-state index contributed by atoms with van der Waals surface area (Å²) in [5.41, 5.74) is 6.05. The molecule has 0 unspecified atom stereocenters. The zero-order chi connectivity index (χ0) is 27.1. The van der Waals surface area contributed by atoms with Crippen LogP contribution >= 0.6 is 0 Å². The summed E-state index contributed by atoms with van der Waals surface area (Å²) < 4.78 is 10.7. The molecule has 0 saturated carbocycles. The van der Waals surface area contributed by atoms with E-state index in [1.807, 2.05) is 13.8 Å². The predicted octanol–water partition coefficient (Wildman–Crippen LogP) is 0.627. The first-order valence-electron chi connectivity index (χ1n) is 12.0. The number of esters is 1. The van der Waals surface area contributed by atoms with Crippen molar-refractivity contribution in [3.8, 4) is 5.75 Å². The molecule has 36 heavy (non-hydrogen) atoms. The van der Waals surface area contributed by atoms with Gasteiger partial charge in [0.2, 0.25) is 11.8 Å². The molecule has 1 aromatic rings. The number of aliphatic hydroxyl groups is 1. The van der Waals surface area contributed by atoms with E-state index in [0.717, 1.165) is 0 Å². The fourth-order valence-corrected chi connectivity index (χ4v) is 3.34. The third kappa shape index (κ3) is 10.9. The molecular formula is C24H39N5O7. The summed E-state index contributed by atoms with van der Waals surface area (Å²) in [6.45, 7) is 5.48. The Balaban J connectivity index is 3.06. The van der Waals surface area contributed by atoms with Crippen molar-refractivity contribution < 1.29 is 33.8 Å². The number of rotatable bonds is 16. The molecule has 1 rings (SSSR count). The minimum absolute atomic E-state index is 0.0110. The molecule has 0 bridgehead atoms. The van der Waals surface area contributed by atoms with Crippen LogP contribution in [0.25, 0.3) is 0 Å². The number of nitrogens with two attached hydrogens (primary N) is 1. The van der Waals surface area contributed by atoms with Crippen molar-refractivity contribution in [2.75, 3.05) is 32.1 Å². The number of likely N-dealkylation sites (N-methyl/N-ethyl adjacent to an activating group) is 1. The molecule has 2 atom stereocenters. The standard InChI is InChI=1S/C24H39N5O7/c1-5-20(31)36-14-16-8-9-17(19(13-16)35-12-11-30)28-22(32)18(7-6-10-27-24(25)34)29-23(33)21(26-4)15(2)3/h8-9,13,15,18,21,26,30H,5-7,10-12,14H2,1-4H3,(H,28,32)(H,29,33)(H3,25,27,34)/t18-,21-/m0/s1. The van der Waals surface area contributed by atoms with Gasteiger partial charge in [0.1, 0.15) is 25.0 Å². The van der Waals surface area contributed by atoms with Gasteiger partial charge >= 0.3 is 12.0 Å². The van der Waals surface area contributed by atoms with Crippen molar-refractivity contribution in [1.82, 2.24) is 16.0 Å². The van der Waals surface area contributed by atoms with Crippen LogP contribution in [0.5, 0.6) is 5.75 Å². The number of carbonyl (C=O) groups excluding carboxylic acids is 4. The van der Waals surface area contributed by atoms with E-state index in [0.29, 0.717) is 17.7 Å². The van der Waals surface area contributed by atoms with Gasteiger partial charge in [0.05, 0.1) is 18.3 Å². The predicted molar refractivity (Wildman–Crippen MR) is 134 cm³/mol. The van der Waals surface area contributed by atoms with E-state index >= 15 is 0 Å². The zero-order valence-electron chi connectivity index (χ0n) is 21.4. The second-order valence-corrected chi connectivity index (χ2v) is 8.41. The summed E-state index contributed by atoms with van der Waals surface area (Å²) >= 11 is 0. The molecule has 12 nitrogen and oxygen atoms in total. The van der Waals surface area contributed by atoms with Gasteiger partial charge in [0.25, 0.3) is 0 Å². The van der Waals surface area contributed by atoms with Crippen molar-refractivity contribution in [1.29, 1.82) is 0 Å². The minimum atomic E-state index is -0.905. The summed E-state index contributed by atoms with van der Waals surface area (Å²) in [6, 6.07) is 2.79. The Hall–Kier alpha value is -3.38. The monoisotopic (exact) mass is 509 g/mol. The van der Waals surface area contributed by atoms with E-state index in [9.17, 15) is 24.3 Å². The maximum Gasteiger partial charge on any atom is 0.312 e. The van der Waals surface area contributed by atoms with Crippen LogP contribution in [0, 0.1) is 5.92 Å². The van der Waals surface area contributed by atoms with Crippen LogP contribution in [-0.2, 0) is 25.7 Å². The van der Waals surface area contributed by atoms with Crippen molar-refractivity contribution >= 4 is 29.5 Å². The molecule has 0 heterocycles. The van der Waals surface area contributed by atoms with Crippen LogP contribution in [0.4, 0.5) is 10.5 Å². The van der Waals surface area contributed by atoms with Gasteiger partial charge in [-0.1, -0.05) is 26.8 Å². The summed E-state index contributed by atoms with van der Waals surface area (Å²) in [5.74, 6) is -0.905. The van der Waals surface area contributed by atoms with E-state index in [2.05, 4.69) is 21.3 Å². The van der Waals surface area contributed by atoms with Gasteiger partial charge in [-0.3, -0.25) is 14.4 Å². The molecular weight excluding hydrogens is 470 g/mol. The third-order valence-electron chi connectivity index (χ3n) is 5.20. The highest BCUT2D eigenvalue weighted by molar-refractivity contribution is 5.98. The zero-order valence-corrected chi connectivity index (χ0v) is 21.4. The number of nitrogens with one attached hydrogen (secondary N) is 4. The van der Waals surface area contributed by atoms with Gasteiger partial charge in [-0.25, -0.2) is 4.79 Å². The molecule has 0 aromatic heterocycles. The lowest BCUT2D eigenvalue weighted by Gasteiger charge is -2.24. The lowest BCUT2D eigenvalue weighted by molar-refractivity contribution is -0.144. The largest absolute Gasteiger partial charge is 0.489 e. The molecule has 202 valence electrons. The van der Waals surface area contributed by atoms with Crippen molar-refractivity contribution in [3.05, 3.63) is 23.8 Å².